The summed E-state index contributed by atoms with van der Waals surface area (Å²) < 4.78 is 25.0. The van der Waals surface area contributed by atoms with Crippen LogP contribution in [0.1, 0.15) is 43.5 Å². The number of aromatic nitrogens is 1. The van der Waals surface area contributed by atoms with E-state index in [1.165, 1.54) is 11.3 Å². The molecule has 0 fully saturated rings. The predicted molar refractivity (Wildman–Crippen MR) is 179 cm³/mol. The van der Waals surface area contributed by atoms with Crippen LogP contribution in [0.4, 0.5) is 0 Å². The summed E-state index contributed by atoms with van der Waals surface area (Å²) in [5.74, 6) is 1.37. The van der Waals surface area contributed by atoms with Crippen LogP contribution in [0, 0.1) is 0 Å². The second-order valence-electron chi connectivity index (χ2n) is 10.6. The van der Waals surface area contributed by atoms with Gasteiger partial charge >= 0.3 is 5.97 Å². The minimum Gasteiger partial charge on any atom is -0.497 e. The van der Waals surface area contributed by atoms with Crippen LogP contribution in [0.25, 0.3) is 16.8 Å². The van der Waals surface area contributed by atoms with Crippen LogP contribution in [0.15, 0.2) is 106 Å². The average molecular weight is 635 g/mol. The Kier molecular flexibility index (Phi) is 9.03. The number of ether oxygens (including phenoxy) is 4. The highest BCUT2D eigenvalue weighted by molar-refractivity contribution is 7.07. The zero-order valence-corrected chi connectivity index (χ0v) is 26.9. The van der Waals surface area contributed by atoms with E-state index in [0.29, 0.717) is 51.1 Å². The maximum atomic E-state index is 14.0. The Morgan fingerprint density at radius 2 is 1.72 bits per heavy atom. The average Bonchev–Trinajstić information content (AvgIpc) is 3.37. The van der Waals surface area contributed by atoms with Crippen molar-refractivity contribution in [2.45, 2.75) is 33.4 Å². The van der Waals surface area contributed by atoms with E-state index in [9.17, 15) is 9.59 Å². The number of esters is 1. The van der Waals surface area contributed by atoms with Crippen molar-refractivity contribution in [3.05, 3.63) is 133 Å². The number of rotatable bonds is 10. The number of methoxy groups -OCH3 is 1. The molecule has 0 N–H and O–H groups in total. The van der Waals surface area contributed by atoms with Crippen LogP contribution < -0.4 is 29.1 Å². The molecule has 4 aromatic carbocycles. The fourth-order valence-electron chi connectivity index (χ4n) is 5.62. The Labute approximate surface area is 270 Å². The fraction of sp³-hybridized carbons (Fsp3) is 0.216. The van der Waals surface area contributed by atoms with Gasteiger partial charge < -0.3 is 18.9 Å². The summed E-state index contributed by atoms with van der Waals surface area (Å²) in [6.07, 6.45) is 1.81. The lowest BCUT2D eigenvalue weighted by atomic mass is 9.96. The first kappa shape index (κ1) is 30.9. The summed E-state index contributed by atoms with van der Waals surface area (Å²) in [6, 6.07) is 26.6. The monoisotopic (exact) mass is 634 g/mol. The Hall–Kier alpha value is -5.15. The first-order chi connectivity index (χ1) is 22.4. The summed E-state index contributed by atoms with van der Waals surface area (Å²) in [7, 11) is 1.59. The first-order valence-corrected chi connectivity index (χ1v) is 15.9. The van der Waals surface area contributed by atoms with Gasteiger partial charge in [-0.15, -0.1) is 0 Å². The smallest absolute Gasteiger partial charge is 0.338 e. The number of nitrogens with zero attached hydrogens (tertiary/aromatic N) is 2. The summed E-state index contributed by atoms with van der Waals surface area (Å²) >= 11 is 1.27. The zero-order valence-electron chi connectivity index (χ0n) is 26.1. The lowest BCUT2D eigenvalue weighted by molar-refractivity contribution is -0.139. The maximum Gasteiger partial charge on any atom is 0.338 e. The molecule has 1 aliphatic heterocycles. The molecule has 1 aliphatic rings. The molecule has 6 rings (SSSR count). The molecule has 9 heteroatoms. The molecule has 1 aromatic heterocycles. The molecule has 2 heterocycles. The van der Waals surface area contributed by atoms with Gasteiger partial charge in [-0.1, -0.05) is 72.0 Å². The van der Waals surface area contributed by atoms with Gasteiger partial charge in [0.25, 0.3) is 5.56 Å². The lowest BCUT2D eigenvalue weighted by Gasteiger charge is -2.24. The van der Waals surface area contributed by atoms with Crippen molar-refractivity contribution in [1.82, 2.24) is 4.57 Å². The summed E-state index contributed by atoms with van der Waals surface area (Å²) in [5.41, 5.74) is 3.18. The third-order valence-electron chi connectivity index (χ3n) is 7.78. The Balaban J connectivity index is 1.37. The highest BCUT2D eigenvalue weighted by atomic mass is 32.1. The van der Waals surface area contributed by atoms with Crippen molar-refractivity contribution in [2.24, 2.45) is 4.99 Å². The van der Waals surface area contributed by atoms with Crippen molar-refractivity contribution < 1.29 is 23.7 Å². The van der Waals surface area contributed by atoms with Gasteiger partial charge in [0.15, 0.2) is 16.3 Å². The number of hydrogen-bond acceptors (Lipinski definition) is 8. The SMILES string of the molecule is CCOC(=O)C1=C(C)N=c2s/c(=C\c3ccc(OCc4cccc5ccccc45)c(OCC)c3)c(=O)n2[C@@H]1c1ccc(OC)cc1. The second kappa shape index (κ2) is 13.5. The molecule has 46 heavy (non-hydrogen) atoms. The number of hydrogen-bond donors (Lipinski definition) is 0. The third kappa shape index (κ3) is 6.06. The van der Waals surface area contributed by atoms with Crippen LogP contribution in [0.5, 0.6) is 17.2 Å². The van der Waals surface area contributed by atoms with Crippen LogP contribution in [0.2, 0.25) is 0 Å². The quantitative estimate of drug-likeness (QED) is 0.177. The van der Waals surface area contributed by atoms with E-state index in [1.807, 2.05) is 73.7 Å². The van der Waals surface area contributed by atoms with Gasteiger partial charge in [0.1, 0.15) is 12.4 Å². The highest BCUT2D eigenvalue weighted by Crippen LogP contribution is 2.33. The molecule has 1 atom stereocenters. The first-order valence-electron chi connectivity index (χ1n) is 15.1. The zero-order chi connectivity index (χ0) is 32.2. The molecule has 0 saturated carbocycles. The number of fused-ring (bicyclic) bond motifs is 2. The van der Waals surface area contributed by atoms with E-state index >= 15 is 0 Å². The molecule has 234 valence electrons. The van der Waals surface area contributed by atoms with Gasteiger partial charge in [-0.3, -0.25) is 9.36 Å². The minimum atomic E-state index is -0.702. The standard InChI is InChI=1S/C37H34N2O6S/c1-5-43-31-20-24(14-19-30(31)45-22-27-12-9-11-25-10-7-8-13-29(25)27)21-32-35(40)39-34(26-15-17-28(42-4)18-16-26)33(36(41)44-6-2)23(3)38-37(39)46-32/h7-21,34H,5-6,22H2,1-4H3/b32-21-/t34-/m1/s1. The third-order valence-corrected chi connectivity index (χ3v) is 8.76. The van der Waals surface area contributed by atoms with Crippen LogP contribution in [-0.4, -0.2) is 30.9 Å². The van der Waals surface area contributed by atoms with E-state index in [0.717, 1.165) is 27.5 Å². The molecule has 0 aliphatic carbocycles. The molecule has 0 bridgehead atoms. The van der Waals surface area contributed by atoms with Crippen molar-refractivity contribution in [2.75, 3.05) is 20.3 Å². The molecular weight excluding hydrogens is 600 g/mol. The highest BCUT2D eigenvalue weighted by Gasteiger charge is 2.33. The van der Waals surface area contributed by atoms with Crippen LogP contribution in [0.3, 0.4) is 0 Å². The Morgan fingerprint density at radius 1 is 0.935 bits per heavy atom. The van der Waals surface area contributed by atoms with E-state index in [-0.39, 0.29) is 12.2 Å². The molecule has 0 unspecified atom stereocenters. The topological polar surface area (TPSA) is 88.4 Å². The van der Waals surface area contributed by atoms with E-state index < -0.39 is 12.0 Å². The summed E-state index contributed by atoms with van der Waals surface area (Å²) in [4.78, 5) is 32.4. The maximum absolute atomic E-state index is 14.0. The number of allylic oxidation sites excluding steroid dienone is 1. The number of benzene rings is 4. The number of thiazole rings is 1. The molecule has 0 radical (unpaired) electrons. The van der Waals surface area contributed by atoms with Crippen LogP contribution in [-0.2, 0) is 16.1 Å². The van der Waals surface area contributed by atoms with Crippen molar-refractivity contribution >= 4 is 34.2 Å². The molecule has 0 saturated heterocycles. The summed E-state index contributed by atoms with van der Waals surface area (Å²) in [5, 5.41) is 2.30. The van der Waals surface area contributed by atoms with Crippen LogP contribution >= 0.6 is 11.3 Å². The van der Waals surface area contributed by atoms with Crippen molar-refractivity contribution in [3.63, 3.8) is 0 Å². The second-order valence-corrected chi connectivity index (χ2v) is 11.7. The molecule has 0 amide bonds. The van der Waals surface area contributed by atoms with Gasteiger partial charge in [-0.25, -0.2) is 9.79 Å². The Morgan fingerprint density at radius 3 is 2.48 bits per heavy atom. The van der Waals surface area contributed by atoms with Gasteiger partial charge in [-0.05, 0) is 78.6 Å². The molecular formula is C37H34N2O6S. The van der Waals surface area contributed by atoms with E-state index in [2.05, 4.69) is 29.3 Å². The lowest BCUT2D eigenvalue weighted by Crippen LogP contribution is -2.39. The normalized spacial score (nSPS) is 14.5. The largest absolute Gasteiger partial charge is 0.497 e. The number of carbonyl (C=O) groups excluding carboxylic acids is 1. The van der Waals surface area contributed by atoms with Gasteiger partial charge in [0.05, 0.1) is 42.2 Å². The fourth-order valence-corrected chi connectivity index (χ4v) is 6.67. The van der Waals surface area contributed by atoms with Gasteiger partial charge in [-0.2, -0.15) is 0 Å². The van der Waals surface area contributed by atoms with Gasteiger partial charge in [0, 0.05) is 0 Å². The van der Waals surface area contributed by atoms with Crippen molar-refractivity contribution in [3.8, 4) is 17.2 Å². The van der Waals surface area contributed by atoms with E-state index in [4.69, 9.17) is 18.9 Å². The van der Waals surface area contributed by atoms with Gasteiger partial charge in [0.2, 0.25) is 0 Å². The summed E-state index contributed by atoms with van der Waals surface area (Å²) in [6.45, 7) is 6.48. The Bertz CT molecular complexity index is 2120. The molecule has 0 spiro atoms. The van der Waals surface area contributed by atoms with Crippen molar-refractivity contribution in [1.29, 1.82) is 0 Å². The predicted octanol–water partition coefficient (Wildman–Crippen LogP) is 5.94. The number of carbonyl (C=O) groups is 1. The van der Waals surface area contributed by atoms with E-state index in [1.54, 1.807) is 25.5 Å². The molecule has 8 nitrogen and oxygen atoms in total. The molecule has 5 aromatic rings. The minimum absolute atomic E-state index is 0.208.